The van der Waals surface area contributed by atoms with Gasteiger partial charge in [-0.2, -0.15) is 12.6 Å². The van der Waals surface area contributed by atoms with Gasteiger partial charge in [0.15, 0.2) is 0 Å². The fraction of sp³-hybridized carbons (Fsp3) is 0.556. The minimum Gasteiger partial charge on any atom is -0.399 e. The van der Waals surface area contributed by atoms with Gasteiger partial charge in [0.2, 0.25) is 0 Å². The van der Waals surface area contributed by atoms with Gasteiger partial charge in [-0.25, -0.2) is 0 Å². The highest BCUT2D eigenvalue weighted by atomic mass is 32.1. The largest absolute Gasteiger partial charge is 0.399 e. The highest BCUT2D eigenvalue weighted by Crippen LogP contribution is 2.29. The summed E-state index contributed by atoms with van der Waals surface area (Å²) in [5.74, 6) is 0.700. The van der Waals surface area contributed by atoms with Crippen LogP contribution in [0.25, 0.3) is 0 Å². The molecule has 1 nitrogen and oxygen atoms in total. The summed E-state index contributed by atoms with van der Waals surface area (Å²) in [4.78, 5) is 0. The maximum absolute atomic E-state index is 6.00. The quantitative estimate of drug-likeness (QED) is 0.665. The number of hydrogen-bond acceptors (Lipinski definition) is 2. The highest BCUT2D eigenvalue weighted by Gasteiger charge is 2.18. The molecule has 0 aromatic carbocycles. The summed E-state index contributed by atoms with van der Waals surface area (Å²) >= 11 is 4.71. The number of thiol groups is 1. The SMILES string of the molecule is C/C=C(\N)C1=CC(C)(S)C=C(CC(C)CC)C=C1.CC. The van der Waals surface area contributed by atoms with Crippen LogP contribution in [0.3, 0.4) is 0 Å². The van der Waals surface area contributed by atoms with E-state index in [0.717, 1.165) is 17.7 Å². The molecule has 0 saturated carbocycles. The van der Waals surface area contributed by atoms with E-state index >= 15 is 0 Å². The summed E-state index contributed by atoms with van der Waals surface area (Å²) in [6.45, 7) is 12.6. The molecule has 2 heteroatoms. The Balaban J connectivity index is 0.00000172. The number of allylic oxidation sites excluding steroid dienone is 4. The molecule has 1 aliphatic carbocycles. The fourth-order valence-corrected chi connectivity index (χ4v) is 2.35. The Morgan fingerprint density at radius 2 is 1.95 bits per heavy atom. The topological polar surface area (TPSA) is 26.0 Å². The standard InChI is InChI=1S/C16H25NS.C2H6/c1-5-12(3)9-13-7-8-14(15(17)6-2)11-16(4,18)10-13;1-2/h6-8,10-12,18H,5,9,17H2,1-4H3;1-2H3/b15-6-;. The van der Waals surface area contributed by atoms with E-state index < -0.39 is 0 Å². The Labute approximate surface area is 131 Å². The van der Waals surface area contributed by atoms with E-state index in [1.54, 1.807) is 0 Å². The first kappa shape index (κ1) is 19.1. The minimum absolute atomic E-state index is 0.241. The molecule has 2 N–H and O–H groups in total. The van der Waals surface area contributed by atoms with Crippen molar-refractivity contribution in [2.24, 2.45) is 11.7 Å². The molecular formula is C18H31NS. The molecule has 0 saturated heterocycles. The summed E-state index contributed by atoms with van der Waals surface area (Å²) in [7, 11) is 0. The van der Waals surface area contributed by atoms with Crippen LogP contribution in [0.5, 0.6) is 0 Å². The number of hydrogen-bond donors (Lipinski definition) is 2. The van der Waals surface area contributed by atoms with Crippen molar-refractivity contribution in [3.63, 3.8) is 0 Å². The van der Waals surface area contributed by atoms with Crippen molar-refractivity contribution < 1.29 is 0 Å². The maximum atomic E-state index is 6.00. The molecule has 0 spiro atoms. The van der Waals surface area contributed by atoms with E-state index in [-0.39, 0.29) is 4.75 Å². The van der Waals surface area contributed by atoms with E-state index in [1.165, 1.54) is 12.0 Å². The van der Waals surface area contributed by atoms with Crippen LogP contribution in [0.15, 0.2) is 47.2 Å². The molecule has 0 fully saturated rings. The van der Waals surface area contributed by atoms with Gasteiger partial charge in [0, 0.05) is 10.4 Å². The van der Waals surface area contributed by atoms with Gasteiger partial charge in [0.05, 0.1) is 0 Å². The smallest absolute Gasteiger partial charge is 0.0475 e. The van der Waals surface area contributed by atoms with Crippen molar-refractivity contribution in [2.75, 3.05) is 0 Å². The molecule has 0 aromatic heterocycles. The first-order valence-corrected chi connectivity index (χ1v) is 8.10. The average Bonchev–Trinajstić information content (AvgIpc) is 2.58. The molecule has 0 radical (unpaired) electrons. The van der Waals surface area contributed by atoms with Gasteiger partial charge in [-0.3, -0.25) is 0 Å². The lowest BCUT2D eigenvalue weighted by Gasteiger charge is -2.17. The van der Waals surface area contributed by atoms with Crippen molar-refractivity contribution in [3.8, 4) is 0 Å². The van der Waals surface area contributed by atoms with Crippen molar-refractivity contribution in [1.29, 1.82) is 0 Å². The van der Waals surface area contributed by atoms with Crippen molar-refractivity contribution in [1.82, 2.24) is 0 Å². The Bertz CT molecular complexity index is 411. The minimum atomic E-state index is -0.241. The van der Waals surface area contributed by atoms with Crippen molar-refractivity contribution in [2.45, 2.75) is 59.1 Å². The Kier molecular flexibility index (Phi) is 8.71. The van der Waals surface area contributed by atoms with Gasteiger partial charge in [0.25, 0.3) is 0 Å². The second-order valence-electron chi connectivity index (χ2n) is 5.34. The van der Waals surface area contributed by atoms with Crippen molar-refractivity contribution in [3.05, 3.63) is 47.2 Å². The molecule has 0 aromatic rings. The normalized spacial score (nSPS) is 24.1. The molecule has 0 heterocycles. The zero-order valence-corrected chi connectivity index (χ0v) is 14.8. The van der Waals surface area contributed by atoms with E-state index in [1.807, 2.05) is 26.8 Å². The molecular weight excluding hydrogens is 262 g/mol. The predicted molar refractivity (Wildman–Crippen MR) is 96.1 cm³/mol. The summed E-state index contributed by atoms with van der Waals surface area (Å²) < 4.78 is -0.241. The predicted octanol–water partition coefficient (Wildman–Crippen LogP) is 5.42. The second kappa shape index (κ2) is 9.12. The Hall–Kier alpha value is -0.890. The summed E-state index contributed by atoms with van der Waals surface area (Å²) in [6, 6.07) is 0. The van der Waals surface area contributed by atoms with Crippen LogP contribution in [-0.2, 0) is 0 Å². The summed E-state index contributed by atoms with van der Waals surface area (Å²) in [6.07, 6.45) is 12.9. The average molecular weight is 294 g/mol. The highest BCUT2D eigenvalue weighted by molar-refractivity contribution is 7.82. The lowest BCUT2D eigenvalue weighted by molar-refractivity contribution is 0.561. The van der Waals surface area contributed by atoms with Crippen LogP contribution in [0.1, 0.15) is 54.4 Å². The van der Waals surface area contributed by atoms with Gasteiger partial charge in [-0.15, -0.1) is 0 Å². The molecule has 0 aliphatic heterocycles. The summed E-state index contributed by atoms with van der Waals surface area (Å²) in [5.41, 5.74) is 9.21. The molecule has 114 valence electrons. The second-order valence-corrected chi connectivity index (χ2v) is 6.30. The maximum Gasteiger partial charge on any atom is 0.0475 e. The molecule has 20 heavy (non-hydrogen) atoms. The fourth-order valence-electron chi connectivity index (χ4n) is 2.04. The van der Waals surface area contributed by atoms with Crippen molar-refractivity contribution >= 4 is 12.6 Å². The lowest BCUT2D eigenvalue weighted by atomic mass is 9.96. The zero-order chi connectivity index (χ0) is 15.8. The van der Waals surface area contributed by atoms with Crippen LogP contribution in [0.4, 0.5) is 0 Å². The number of rotatable bonds is 4. The monoisotopic (exact) mass is 293 g/mol. The van der Waals surface area contributed by atoms with E-state index in [9.17, 15) is 0 Å². The first-order chi connectivity index (χ1) is 9.38. The zero-order valence-electron chi connectivity index (χ0n) is 13.9. The Morgan fingerprint density at radius 1 is 1.35 bits per heavy atom. The van der Waals surface area contributed by atoms with Crippen LogP contribution in [-0.4, -0.2) is 4.75 Å². The first-order valence-electron chi connectivity index (χ1n) is 7.65. The molecule has 1 aliphatic rings. The molecule has 1 rings (SSSR count). The number of nitrogens with two attached hydrogens (primary N) is 1. The lowest BCUT2D eigenvalue weighted by Crippen LogP contribution is -2.11. The molecule has 0 amide bonds. The van der Waals surface area contributed by atoms with Crippen LogP contribution in [0, 0.1) is 5.92 Å². The van der Waals surface area contributed by atoms with Crippen LogP contribution in [0.2, 0.25) is 0 Å². The van der Waals surface area contributed by atoms with Crippen LogP contribution < -0.4 is 5.73 Å². The molecule has 2 unspecified atom stereocenters. The van der Waals surface area contributed by atoms with Gasteiger partial charge in [-0.05, 0) is 31.8 Å². The summed E-state index contributed by atoms with van der Waals surface area (Å²) in [5, 5.41) is 0. The van der Waals surface area contributed by atoms with Crippen LogP contribution >= 0.6 is 12.6 Å². The molecule has 0 bridgehead atoms. The van der Waals surface area contributed by atoms with Gasteiger partial charge >= 0.3 is 0 Å². The van der Waals surface area contributed by atoms with E-state index in [2.05, 4.69) is 45.1 Å². The van der Waals surface area contributed by atoms with Gasteiger partial charge < -0.3 is 5.73 Å². The Morgan fingerprint density at radius 3 is 2.45 bits per heavy atom. The van der Waals surface area contributed by atoms with Gasteiger partial charge in [0.1, 0.15) is 0 Å². The van der Waals surface area contributed by atoms with E-state index in [0.29, 0.717) is 5.92 Å². The third kappa shape index (κ3) is 6.51. The third-order valence-corrected chi connectivity index (χ3v) is 3.59. The van der Waals surface area contributed by atoms with Gasteiger partial charge in [-0.1, -0.05) is 70.1 Å². The molecule has 2 atom stereocenters. The third-order valence-electron chi connectivity index (χ3n) is 3.33. The van der Waals surface area contributed by atoms with E-state index in [4.69, 9.17) is 18.4 Å².